The van der Waals surface area contributed by atoms with E-state index in [2.05, 4.69) is 10.6 Å². The third kappa shape index (κ3) is 5.38. The Morgan fingerprint density at radius 3 is 2.78 bits per heavy atom. The first-order valence-corrected chi connectivity index (χ1v) is 9.21. The minimum Gasteiger partial charge on any atom is -0.384 e. The lowest BCUT2D eigenvalue weighted by Crippen LogP contribution is -2.48. The highest BCUT2D eigenvalue weighted by atomic mass is 35.5. The number of methoxy groups -OCH3 is 1. The van der Waals surface area contributed by atoms with E-state index in [1.807, 2.05) is 31.2 Å². The molecule has 1 aliphatic rings. The maximum absolute atomic E-state index is 12.4. The Balaban J connectivity index is 1.88. The van der Waals surface area contributed by atoms with Crippen LogP contribution >= 0.6 is 23.4 Å². The fourth-order valence-corrected chi connectivity index (χ4v) is 4.02. The fraction of sp³-hybridized carbons (Fsp3) is 0.588. The van der Waals surface area contributed by atoms with Crippen LogP contribution < -0.4 is 10.6 Å². The lowest BCUT2D eigenvalue weighted by Gasteiger charge is -2.37. The standard InChI is InChI=1S/C17H25ClN2O2S/c1-13(23-15-6-4-3-5-14(15)18)16(21)20-11-17(12-22-2)7-9-19-10-8-17/h3-6,13,19H,7-12H2,1-2H3,(H,20,21). The predicted molar refractivity (Wildman–Crippen MR) is 96.2 cm³/mol. The minimum absolute atomic E-state index is 0.0453. The summed E-state index contributed by atoms with van der Waals surface area (Å²) in [5, 5.41) is 6.97. The maximum atomic E-state index is 12.4. The van der Waals surface area contributed by atoms with Gasteiger partial charge in [0.25, 0.3) is 0 Å². The zero-order valence-electron chi connectivity index (χ0n) is 13.7. The van der Waals surface area contributed by atoms with Crippen molar-refractivity contribution in [3.05, 3.63) is 29.3 Å². The van der Waals surface area contributed by atoms with Gasteiger partial charge < -0.3 is 15.4 Å². The monoisotopic (exact) mass is 356 g/mol. The Kier molecular flexibility index (Phi) is 7.21. The van der Waals surface area contributed by atoms with Crippen LogP contribution in [0, 0.1) is 5.41 Å². The van der Waals surface area contributed by atoms with Crippen molar-refractivity contribution in [2.75, 3.05) is 33.4 Å². The van der Waals surface area contributed by atoms with E-state index in [9.17, 15) is 4.79 Å². The predicted octanol–water partition coefficient (Wildman–Crippen LogP) is 2.95. The molecule has 0 aromatic heterocycles. The van der Waals surface area contributed by atoms with Crippen LogP contribution in [0.4, 0.5) is 0 Å². The third-order valence-corrected chi connectivity index (χ3v) is 5.88. The molecule has 6 heteroatoms. The molecule has 0 radical (unpaired) electrons. The lowest BCUT2D eigenvalue weighted by atomic mass is 9.79. The van der Waals surface area contributed by atoms with Crippen molar-refractivity contribution < 1.29 is 9.53 Å². The topological polar surface area (TPSA) is 50.4 Å². The summed E-state index contributed by atoms with van der Waals surface area (Å²) < 4.78 is 5.39. The molecule has 4 nitrogen and oxygen atoms in total. The molecule has 0 aliphatic carbocycles. The number of halogens is 1. The maximum Gasteiger partial charge on any atom is 0.233 e. The Hall–Kier alpha value is -0.750. The van der Waals surface area contributed by atoms with Crippen molar-refractivity contribution >= 4 is 29.3 Å². The molecule has 1 aromatic rings. The van der Waals surface area contributed by atoms with Gasteiger partial charge in [0.1, 0.15) is 0 Å². The minimum atomic E-state index is -0.184. The molecule has 2 N–H and O–H groups in total. The van der Waals surface area contributed by atoms with Crippen LogP contribution in [0.3, 0.4) is 0 Å². The zero-order chi connectivity index (χ0) is 16.7. The summed E-state index contributed by atoms with van der Waals surface area (Å²) >= 11 is 7.65. The number of nitrogens with one attached hydrogen (secondary N) is 2. The van der Waals surface area contributed by atoms with Gasteiger partial charge in [0.15, 0.2) is 0 Å². The number of rotatable bonds is 7. The van der Waals surface area contributed by atoms with Crippen molar-refractivity contribution in [1.82, 2.24) is 10.6 Å². The van der Waals surface area contributed by atoms with E-state index in [1.165, 1.54) is 11.8 Å². The summed E-state index contributed by atoms with van der Waals surface area (Å²) in [5.74, 6) is 0.0453. The first-order chi connectivity index (χ1) is 11.1. The molecular formula is C17H25ClN2O2S. The van der Waals surface area contributed by atoms with Gasteiger partial charge in [-0.15, -0.1) is 11.8 Å². The average molecular weight is 357 g/mol. The number of benzene rings is 1. The highest BCUT2D eigenvalue weighted by Crippen LogP contribution is 2.31. The normalized spacial score (nSPS) is 18.4. The molecule has 128 valence electrons. The molecule has 1 fully saturated rings. The Labute approximate surface area is 147 Å². The van der Waals surface area contributed by atoms with E-state index in [4.69, 9.17) is 16.3 Å². The number of amides is 1. The number of ether oxygens (including phenoxy) is 1. The number of thioether (sulfide) groups is 1. The first-order valence-electron chi connectivity index (χ1n) is 7.95. The molecular weight excluding hydrogens is 332 g/mol. The SMILES string of the molecule is COCC1(CNC(=O)C(C)Sc2ccccc2Cl)CCNCC1. The highest BCUT2D eigenvalue weighted by Gasteiger charge is 2.33. The van der Waals surface area contributed by atoms with Crippen LogP contribution in [-0.4, -0.2) is 44.5 Å². The number of hydrogen-bond donors (Lipinski definition) is 2. The largest absolute Gasteiger partial charge is 0.384 e. The molecule has 1 amide bonds. The number of hydrogen-bond acceptors (Lipinski definition) is 4. The molecule has 0 bridgehead atoms. The van der Waals surface area contributed by atoms with Crippen LogP contribution in [0.2, 0.25) is 5.02 Å². The lowest BCUT2D eigenvalue weighted by molar-refractivity contribution is -0.121. The van der Waals surface area contributed by atoms with Gasteiger partial charge in [0, 0.05) is 24.0 Å². The second-order valence-electron chi connectivity index (χ2n) is 6.09. The van der Waals surface area contributed by atoms with Gasteiger partial charge in [-0.05, 0) is 45.0 Å². The van der Waals surface area contributed by atoms with E-state index < -0.39 is 0 Å². The second-order valence-corrected chi connectivity index (χ2v) is 7.88. The van der Waals surface area contributed by atoms with Gasteiger partial charge in [-0.2, -0.15) is 0 Å². The molecule has 1 aliphatic heterocycles. The highest BCUT2D eigenvalue weighted by molar-refractivity contribution is 8.00. The van der Waals surface area contributed by atoms with Crippen molar-refractivity contribution in [3.8, 4) is 0 Å². The van der Waals surface area contributed by atoms with Gasteiger partial charge >= 0.3 is 0 Å². The van der Waals surface area contributed by atoms with Crippen molar-refractivity contribution in [2.45, 2.75) is 29.9 Å². The summed E-state index contributed by atoms with van der Waals surface area (Å²) in [6.45, 7) is 5.21. The van der Waals surface area contributed by atoms with Crippen molar-refractivity contribution in [2.24, 2.45) is 5.41 Å². The van der Waals surface area contributed by atoms with E-state index in [1.54, 1.807) is 7.11 Å². The summed E-state index contributed by atoms with van der Waals surface area (Å²) in [4.78, 5) is 13.4. The summed E-state index contributed by atoms with van der Waals surface area (Å²) in [5.41, 5.74) is 0.0461. The molecule has 1 heterocycles. The van der Waals surface area contributed by atoms with E-state index in [-0.39, 0.29) is 16.6 Å². The quantitative estimate of drug-likeness (QED) is 0.737. The Morgan fingerprint density at radius 1 is 1.43 bits per heavy atom. The molecule has 1 aromatic carbocycles. The average Bonchev–Trinajstić information content (AvgIpc) is 2.56. The van der Waals surface area contributed by atoms with Crippen LogP contribution in [0.1, 0.15) is 19.8 Å². The molecule has 1 saturated heterocycles. The number of carbonyl (C=O) groups excluding carboxylic acids is 1. The molecule has 23 heavy (non-hydrogen) atoms. The van der Waals surface area contributed by atoms with Gasteiger partial charge in [0.05, 0.1) is 16.9 Å². The summed E-state index contributed by atoms with van der Waals surface area (Å²) in [6.07, 6.45) is 2.04. The summed E-state index contributed by atoms with van der Waals surface area (Å²) in [6, 6.07) is 7.61. The third-order valence-electron chi connectivity index (χ3n) is 4.26. The van der Waals surface area contributed by atoms with Crippen LogP contribution in [-0.2, 0) is 9.53 Å². The van der Waals surface area contributed by atoms with Gasteiger partial charge in [0.2, 0.25) is 5.91 Å². The molecule has 1 atom stereocenters. The number of piperidine rings is 1. The number of carbonyl (C=O) groups is 1. The van der Waals surface area contributed by atoms with Gasteiger partial charge in [-0.25, -0.2) is 0 Å². The van der Waals surface area contributed by atoms with Crippen LogP contribution in [0.15, 0.2) is 29.2 Å². The smallest absolute Gasteiger partial charge is 0.233 e. The molecule has 0 spiro atoms. The molecule has 2 rings (SSSR count). The van der Waals surface area contributed by atoms with Crippen molar-refractivity contribution in [3.63, 3.8) is 0 Å². The van der Waals surface area contributed by atoms with E-state index in [0.717, 1.165) is 30.8 Å². The van der Waals surface area contributed by atoms with Gasteiger partial charge in [-0.1, -0.05) is 23.7 Å². The van der Waals surface area contributed by atoms with E-state index in [0.29, 0.717) is 18.2 Å². The van der Waals surface area contributed by atoms with Gasteiger partial charge in [-0.3, -0.25) is 4.79 Å². The molecule has 1 unspecified atom stereocenters. The first kappa shape index (κ1) is 18.6. The van der Waals surface area contributed by atoms with Crippen LogP contribution in [0.5, 0.6) is 0 Å². The summed E-state index contributed by atoms with van der Waals surface area (Å²) in [7, 11) is 1.72. The zero-order valence-corrected chi connectivity index (χ0v) is 15.3. The van der Waals surface area contributed by atoms with E-state index >= 15 is 0 Å². The Morgan fingerprint density at radius 2 is 2.13 bits per heavy atom. The Bertz CT molecular complexity index is 516. The fourth-order valence-electron chi connectivity index (χ4n) is 2.84. The second kappa shape index (κ2) is 8.92. The molecule has 0 saturated carbocycles. The van der Waals surface area contributed by atoms with Crippen molar-refractivity contribution in [1.29, 1.82) is 0 Å². The van der Waals surface area contributed by atoms with Crippen LogP contribution in [0.25, 0.3) is 0 Å².